The average Bonchev–Trinajstić information content (AvgIpc) is 2.60. The van der Waals surface area contributed by atoms with Crippen LogP contribution in [0, 0.1) is 0 Å². The van der Waals surface area contributed by atoms with Gasteiger partial charge in [0.2, 0.25) is 0 Å². The molecule has 0 radical (unpaired) electrons. The van der Waals surface area contributed by atoms with Crippen molar-refractivity contribution in [3.63, 3.8) is 0 Å². The standard InChI is InChI=1S/C23H43NO/c1-4-5-6-7-8-9-10-11-12-13-14-15-16-17-18-19-22-25-23-20-21-24(2)3/h5-6,8-9,11-12H,4,7,10,13-23H2,1-3H3/b6-5-,9-8-,12-11-. The fourth-order valence-electron chi connectivity index (χ4n) is 2.58. The van der Waals surface area contributed by atoms with Gasteiger partial charge in [-0.2, -0.15) is 0 Å². The van der Waals surface area contributed by atoms with E-state index in [2.05, 4.69) is 62.4 Å². The summed E-state index contributed by atoms with van der Waals surface area (Å²) in [7, 11) is 4.22. The summed E-state index contributed by atoms with van der Waals surface area (Å²) in [6.07, 6.45) is 27.3. The summed E-state index contributed by atoms with van der Waals surface area (Å²) in [5.41, 5.74) is 0. The molecule has 0 saturated carbocycles. The van der Waals surface area contributed by atoms with E-state index in [0.717, 1.165) is 45.4 Å². The predicted octanol–water partition coefficient (Wildman–Crippen LogP) is 6.54. The number of unbranched alkanes of at least 4 members (excludes halogenated alkanes) is 6. The van der Waals surface area contributed by atoms with Crippen LogP contribution in [0.5, 0.6) is 0 Å². The first-order valence-electron chi connectivity index (χ1n) is 10.4. The van der Waals surface area contributed by atoms with Crippen molar-refractivity contribution in [3.8, 4) is 0 Å². The molecule has 0 saturated heterocycles. The highest BCUT2D eigenvalue weighted by atomic mass is 16.5. The van der Waals surface area contributed by atoms with Crippen LogP contribution in [0.4, 0.5) is 0 Å². The van der Waals surface area contributed by atoms with Crippen molar-refractivity contribution in [1.82, 2.24) is 4.90 Å². The first-order valence-corrected chi connectivity index (χ1v) is 10.4. The summed E-state index contributed by atoms with van der Waals surface area (Å²) in [6, 6.07) is 0. The molecule has 2 heteroatoms. The predicted molar refractivity (Wildman–Crippen MR) is 113 cm³/mol. The molecule has 0 atom stereocenters. The largest absolute Gasteiger partial charge is 0.381 e. The normalized spacial score (nSPS) is 12.5. The first-order chi connectivity index (χ1) is 12.3. The minimum Gasteiger partial charge on any atom is -0.381 e. The minimum atomic E-state index is 0.912. The Labute approximate surface area is 158 Å². The lowest BCUT2D eigenvalue weighted by Gasteiger charge is -2.09. The third-order valence-corrected chi connectivity index (χ3v) is 4.08. The second-order valence-corrected chi connectivity index (χ2v) is 6.97. The van der Waals surface area contributed by atoms with Crippen LogP contribution < -0.4 is 0 Å². The van der Waals surface area contributed by atoms with E-state index in [9.17, 15) is 0 Å². The Bertz CT molecular complexity index is 331. The van der Waals surface area contributed by atoms with E-state index in [1.54, 1.807) is 0 Å². The van der Waals surface area contributed by atoms with Crippen LogP contribution in [0.15, 0.2) is 36.5 Å². The molecule has 0 aliphatic heterocycles. The van der Waals surface area contributed by atoms with Crippen molar-refractivity contribution in [1.29, 1.82) is 0 Å². The Morgan fingerprint density at radius 2 is 1.20 bits per heavy atom. The molecule has 146 valence electrons. The van der Waals surface area contributed by atoms with E-state index in [1.165, 1.54) is 44.9 Å². The molecular formula is C23H43NO. The number of hydrogen-bond donors (Lipinski definition) is 0. The molecule has 0 aliphatic rings. The van der Waals surface area contributed by atoms with E-state index in [4.69, 9.17) is 4.74 Å². The van der Waals surface area contributed by atoms with Crippen molar-refractivity contribution in [2.24, 2.45) is 0 Å². The summed E-state index contributed by atoms with van der Waals surface area (Å²) < 4.78 is 5.66. The molecule has 0 spiro atoms. The Hall–Kier alpha value is -0.860. The van der Waals surface area contributed by atoms with Crippen molar-refractivity contribution in [3.05, 3.63) is 36.5 Å². The molecule has 0 aromatic rings. The van der Waals surface area contributed by atoms with Gasteiger partial charge >= 0.3 is 0 Å². The van der Waals surface area contributed by atoms with Gasteiger partial charge in [0, 0.05) is 13.2 Å². The van der Waals surface area contributed by atoms with Gasteiger partial charge in [-0.15, -0.1) is 0 Å². The molecule has 0 fully saturated rings. The van der Waals surface area contributed by atoms with Gasteiger partial charge in [-0.25, -0.2) is 0 Å². The molecule has 0 amide bonds. The lowest BCUT2D eigenvalue weighted by atomic mass is 10.1. The SMILES string of the molecule is CC/C=C\C/C=C\C/C=C\CCCCCCCCOCCCN(C)C. The van der Waals surface area contributed by atoms with Crippen LogP contribution in [0.2, 0.25) is 0 Å². The molecule has 0 rings (SSSR count). The maximum atomic E-state index is 5.66. The summed E-state index contributed by atoms with van der Waals surface area (Å²) in [5, 5.41) is 0. The average molecular weight is 350 g/mol. The Morgan fingerprint density at radius 3 is 1.88 bits per heavy atom. The zero-order valence-corrected chi connectivity index (χ0v) is 17.2. The van der Waals surface area contributed by atoms with Gasteiger partial charge < -0.3 is 9.64 Å². The van der Waals surface area contributed by atoms with Crippen molar-refractivity contribution in [2.45, 2.75) is 77.6 Å². The number of allylic oxidation sites excluding steroid dienone is 6. The number of nitrogens with zero attached hydrogens (tertiary/aromatic N) is 1. The quantitative estimate of drug-likeness (QED) is 0.206. The second kappa shape index (κ2) is 21.2. The van der Waals surface area contributed by atoms with Gasteiger partial charge in [0.15, 0.2) is 0 Å². The molecule has 25 heavy (non-hydrogen) atoms. The second-order valence-electron chi connectivity index (χ2n) is 6.97. The van der Waals surface area contributed by atoms with Gasteiger partial charge in [0.25, 0.3) is 0 Å². The monoisotopic (exact) mass is 349 g/mol. The van der Waals surface area contributed by atoms with Gasteiger partial charge in [0.05, 0.1) is 0 Å². The number of rotatable bonds is 18. The fourth-order valence-corrected chi connectivity index (χ4v) is 2.58. The summed E-state index contributed by atoms with van der Waals surface area (Å²) >= 11 is 0. The molecule has 2 nitrogen and oxygen atoms in total. The number of hydrogen-bond acceptors (Lipinski definition) is 2. The molecular weight excluding hydrogens is 306 g/mol. The van der Waals surface area contributed by atoms with Crippen LogP contribution in [-0.2, 0) is 4.74 Å². The van der Waals surface area contributed by atoms with Gasteiger partial charge in [-0.05, 0) is 65.6 Å². The maximum Gasteiger partial charge on any atom is 0.0478 e. The van der Waals surface area contributed by atoms with Gasteiger partial charge in [-0.1, -0.05) is 69.1 Å². The van der Waals surface area contributed by atoms with Crippen molar-refractivity contribution in [2.75, 3.05) is 33.9 Å². The van der Waals surface area contributed by atoms with Crippen LogP contribution in [0.1, 0.15) is 77.6 Å². The topological polar surface area (TPSA) is 12.5 Å². The Kier molecular flexibility index (Phi) is 20.5. The summed E-state index contributed by atoms with van der Waals surface area (Å²) in [4.78, 5) is 2.21. The Balaban J connectivity index is 3.16. The molecule has 0 aliphatic carbocycles. The van der Waals surface area contributed by atoms with Crippen molar-refractivity contribution >= 4 is 0 Å². The van der Waals surface area contributed by atoms with Crippen molar-refractivity contribution < 1.29 is 4.74 Å². The van der Waals surface area contributed by atoms with E-state index < -0.39 is 0 Å². The van der Waals surface area contributed by atoms with E-state index >= 15 is 0 Å². The van der Waals surface area contributed by atoms with Crippen LogP contribution in [0.3, 0.4) is 0 Å². The molecule has 0 heterocycles. The van der Waals surface area contributed by atoms with E-state index in [0.29, 0.717) is 0 Å². The molecule has 0 aromatic heterocycles. The third kappa shape index (κ3) is 23.1. The smallest absolute Gasteiger partial charge is 0.0478 e. The highest BCUT2D eigenvalue weighted by molar-refractivity contribution is 4.96. The molecule has 0 aromatic carbocycles. The zero-order valence-electron chi connectivity index (χ0n) is 17.2. The minimum absolute atomic E-state index is 0.912. The van der Waals surface area contributed by atoms with Crippen LogP contribution in [-0.4, -0.2) is 38.8 Å². The van der Waals surface area contributed by atoms with Gasteiger partial charge in [0.1, 0.15) is 0 Å². The lowest BCUT2D eigenvalue weighted by molar-refractivity contribution is 0.122. The summed E-state index contributed by atoms with van der Waals surface area (Å²) in [6.45, 7) is 5.15. The number of ether oxygens (including phenoxy) is 1. The molecule has 0 bridgehead atoms. The van der Waals surface area contributed by atoms with Gasteiger partial charge in [-0.3, -0.25) is 0 Å². The molecule has 0 unspecified atom stereocenters. The Morgan fingerprint density at radius 1 is 0.640 bits per heavy atom. The first kappa shape index (κ1) is 24.1. The van der Waals surface area contributed by atoms with Crippen LogP contribution >= 0.6 is 0 Å². The maximum absolute atomic E-state index is 5.66. The third-order valence-electron chi connectivity index (χ3n) is 4.08. The fraction of sp³-hybridized carbons (Fsp3) is 0.739. The van der Waals surface area contributed by atoms with E-state index in [1.807, 2.05) is 0 Å². The lowest BCUT2D eigenvalue weighted by Crippen LogP contribution is -2.14. The highest BCUT2D eigenvalue weighted by Crippen LogP contribution is 2.08. The molecule has 0 N–H and O–H groups in total. The van der Waals surface area contributed by atoms with Crippen LogP contribution in [0.25, 0.3) is 0 Å². The zero-order chi connectivity index (χ0) is 18.4. The highest BCUT2D eigenvalue weighted by Gasteiger charge is 1.93. The summed E-state index contributed by atoms with van der Waals surface area (Å²) in [5.74, 6) is 0. The van der Waals surface area contributed by atoms with E-state index in [-0.39, 0.29) is 0 Å².